The van der Waals surface area contributed by atoms with Crippen molar-refractivity contribution in [3.63, 3.8) is 0 Å². The normalized spacial score (nSPS) is 11.1. The second kappa shape index (κ2) is 5.52. The van der Waals surface area contributed by atoms with Gasteiger partial charge in [0.15, 0.2) is 0 Å². The van der Waals surface area contributed by atoms with E-state index in [0.717, 1.165) is 17.8 Å². The Bertz CT molecular complexity index is 334. The Balaban J connectivity index is 2.82. The monoisotopic (exact) mass is 256 g/mol. The summed E-state index contributed by atoms with van der Waals surface area (Å²) in [5.74, 6) is 0. The fourth-order valence-corrected chi connectivity index (χ4v) is 1.07. The number of hydrogen-bond donors (Lipinski definition) is 2. The van der Waals surface area contributed by atoms with E-state index in [-0.39, 0.29) is 0 Å². The first-order valence-corrected chi connectivity index (χ1v) is 5.13. The number of nitrogens with one attached hydrogen (secondary N) is 1. The number of rotatable bonds is 4. The summed E-state index contributed by atoms with van der Waals surface area (Å²) in [4.78, 5) is 4.20. The van der Waals surface area contributed by atoms with Crippen molar-refractivity contribution >= 4 is 26.0 Å². The van der Waals surface area contributed by atoms with Crippen LogP contribution in [-0.4, -0.2) is 30.9 Å². The Hall–Kier alpha value is -1.19. The minimum atomic E-state index is 0.451. The summed E-state index contributed by atoms with van der Waals surface area (Å²) in [6.07, 6.45) is 2.54. The van der Waals surface area contributed by atoms with Gasteiger partial charge in [-0.2, -0.15) is 0 Å². The number of pyridine rings is 1. The van der Waals surface area contributed by atoms with E-state index in [1.807, 2.05) is 25.1 Å². The SMILES string of the molecule is CCC(=NNC(N)=[Se])c1ccccn1. The molecule has 14 heavy (non-hydrogen) atoms. The molecule has 1 heterocycles. The molecule has 4 nitrogen and oxygen atoms in total. The fourth-order valence-electron chi connectivity index (χ4n) is 0.973. The van der Waals surface area contributed by atoms with Gasteiger partial charge in [0.1, 0.15) is 0 Å². The van der Waals surface area contributed by atoms with Gasteiger partial charge in [-0.15, -0.1) is 0 Å². The zero-order chi connectivity index (χ0) is 10.4. The standard InChI is InChI=1S/C9H12N4Se/c1-2-7(12-13-9(10)14)8-5-3-4-6-11-8/h3-6H,2H2,1H3,(H3,10,13,14). The van der Waals surface area contributed by atoms with Crippen LogP contribution in [0.2, 0.25) is 0 Å². The van der Waals surface area contributed by atoms with E-state index in [0.29, 0.717) is 4.67 Å². The zero-order valence-corrected chi connectivity index (χ0v) is 9.61. The maximum absolute atomic E-state index is 5.40. The van der Waals surface area contributed by atoms with Crippen molar-refractivity contribution in [3.05, 3.63) is 30.1 Å². The van der Waals surface area contributed by atoms with E-state index in [2.05, 4.69) is 31.1 Å². The predicted octanol–water partition coefficient (Wildman–Crippen LogP) is -0.000100. The van der Waals surface area contributed by atoms with Crippen LogP contribution in [0.25, 0.3) is 0 Å². The molecule has 0 saturated heterocycles. The van der Waals surface area contributed by atoms with Crippen LogP contribution in [0.15, 0.2) is 29.5 Å². The number of aromatic nitrogens is 1. The zero-order valence-electron chi connectivity index (χ0n) is 7.90. The van der Waals surface area contributed by atoms with Crippen LogP contribution in [0.1, 0.15) is 19.0 Å². The molecule has 74 valence electrons. The Labute approximate surface area is 91.0 Å². The molecule has 0 atom stereocenters. The van der Waals surface area contributed by atoms with Crippen molar-refractivity contribution in [2.45, 2.75) is 13.3 Å². The molecule has 3 N–H and O–H groups in total. The summed E-state index contributed by atoms with van der Waals surface area (Å²) in [5.41, 5.74) is 9.82. The van der Waals surface area contributed by atoms with Crippen LogP contribution in [0, 0.1) is 0 Å². The molecule has 0 amide bonds. The summed E-state index contributed by atoms with van der Waals surface area (Å²) >= 11 is 2.63. The van der Waals surface area contributed by atoms with Crippen LogP contribution in [0.4, 0.5) is 0 Å². The van der Waals surface area contributed by atoms with E-state index in [1.165, 1.54) is 0 Å². The molecule has 0 aliphatic carbocycles. The van der Waals surface area contributed by atoms with Gasteiger partial charge in [-0.1, -0.05) is 0 Å². The van der Waals surface area contributed by atoms with Crippen molar-refractivity contribution < 1.29 is 0 Å². The van der Waals surface area contributed by atoms with Gasteiger partial charge in [-0.05, 0) is 0 Å². The maximum atomic E-state index is 5.40. The van der Waals surface area contributed by atoms with Crippen molar-refractivity contribution in [1.82, 2.24) is 10.4 Å². The molecule has 0 radical (unpaired) electrons. The molecule has 1 rings (SSSR count). The molecule has 0 spiro atoms. The third-order valence-electron chi connectivity index (χ3n) is 1.60. The fraction of sp³-hybridized carbons (Fsp3) is 0.222. The first kappa shape index (κ1) is 10.9. The molecule has 1 aromatic rings. The van der Waals surface area contributed by atoms with Gasteiger partial charge < -0.3 is 0 Å². The average molecular weight is 255 g/mol. The van der Waals surface area contributed by atoms with E-state index < -0.39 is 0 Å². The molecule has 0 unspecified atom stereocenters. The van der Waals surface area contributed by atoms with Gasteiger partial charge >= 0.3 is 90.6 Å². The summed E-state index contributed by atoms with van der Waals surface area (Å²) in [5, 5.41) is 4.12. The molecule has 5 heteroatoms. The molecule has 0 bridgehead atoms. The molecular formula is C9H12N4Se. The van der Waals surface area contributed by atoms with Gasteiger partial charge in [0.25, 0.3) is 0 Å². The quantitative estimate of drug-likeness (QED) is 0.452. The number of nitrogens with two attached hydrogens (primary N) is 1. The van der Waals surface area contributed by atoms with E-state index in [4.69, 9.17) is 5.73 Å². The summed E-state index contributed by atoms with van der Waals surface area (Å²) in [6.45, 7) is 2.02. The van der Waals surface area contributed by atoms with E-state index >= 15 is 0 Å². The number of hydrazone groups is 1. The summed E-state index contributed by atoms with van der Waals surface area (Å²) in [7, 11) is 0. The molecule has 0 saturated carbocycles. The molecule has 0 aromatic carbocycles. The van der Waals surface area contributed by atoms with E-state index in [1.54, 1.807) is 6.20 Å². The van der Waals surface area contributed by atoms with Crippen LogP contribution in [-0.2, 0) is 0 Å². The van der Waals surface area contributed by atoms with Gasteiger partial charge in [-0.3, -0.25) is 0 Å². The van der Waals surface area contributed by atoms with Crippen molar-refractivity contribution in [2.24, 2.45) is 10.8 Å². The second-order valence-corrected chi connectivity index (χ2v) is 3.53. The number of hydrogen-bond acceptors (Lipinski definition) is 4. The Morgan fingerprint density at radius 3 is 2.93 bits per heavy atom. The van der Waals surface area contributed by atoms with Crippen LogP contribution in [0.3, 0.4) is 0 Å². The van der Waals surface area contributed by atoms with Crippen LogP contribution in [0.5, 0.6) is 0 Å². The summed E-state index contributed by atoms with van der Waals surface area (Å²) in [6, 6.07) is 5.72. The van der Waals surface area contributed by atoms with Crippen LogP contribution < -0.4 is 11.2 Å². The number of nitrogens with zero attached hydrogens (tertiary/aromatic N) is 2. The Morgan fingerprint density at radius 2 is 2.43 bits per heavy atom. The van der Waals surface area contributed by atoms with Gasteiger partial charge in [0.05, 0.1) is 0 Å². The Morgan fingerprint density at radius 1 is 1.64 bits per heavy atom. The third-order valence-corrected chi connectivity index (χ3v) is 1.79. The molecule has 0 aliphatic rings. The first-order valence-electron chi connectivity index (χ1n) is 4.27. The molecular weight excluding hydrogens is 243 g/mol. The van der Waals surface area contributed by atoms with Gasteiger partial charge in [0.2, 0.25) is 0 Å². The second-order valence-electron chi connectivity index (χ2n) is 2.60. The van der Waals surface area contributed by atoms with Gasteiger partial charge in [-0.25, -0.2) is 0 Å². The Kier molecular flexibility index (Phi) is 4.29. The molecule has 0 fully saturated rings. The molecule has 0 aliphatic heterocycles. The average Bonchev–Trinajstić information content (AvgIpc) is 2.20. The van der Waals surface area contributed by atoms with Crippen molar-refractivity contribution in [3.8, 4) is 0 Å². The van der Waals surface area contributed by atoms with Crippen molar-refractivity contribution in [2.75, 3.05) is 0 Å². The van der Waals surface area contributed by atoms with Crippen molar-refractivity contribution in [1.29, 1.82) is 0 Å². The summed E-state index contributed by atoms with van der Waals surface area (Å²) < 4.78 is 0.451. The van der Waals surface area contributed by atoms with Crippen LogP contribution >= 0.6 is 0 Å². The third kappa shape index (κ3) is 3.28. The van der Waals surface area contributed by atoms with Gasteiger partial charge in [0, 0.05) is 0 Å². The molecule has 1 aromatic heterocycles. The van der Waals surface area contributed by atoms with E-state index in [9.17, 15) is 0 Å². The topological polar surface area (TPSA) is 63.3 Å². The first-order chi connectivity index (χ1) is 6.74. The minimum absolute atomic E-state index is 0.451. The predicted molar refractivity (Wildman–Crippen MR) is 59.1 cm³/mol.